The number of nitrogens with one attached hydrogen (secondary N) is 1. The molecule has 1 aliphatic heterocycles. The Balaban J connectivity index is 1.90. The Bertz CT molecular complexity index is 353. The summed E-state index contributed by atoms with van der Waals surface area (Å²) in [6.45, 7) is 6.68. The van der Waals surface area contributed by atoms with E-state index in [1.54, 1.807) is 11.3 Å². The number of nitrogen functional groups attached to an aromatic ring is 1. The number of likely N-dealkylation sites (N-methyl/N-ethyl adjacent to an activating group) is 1. The lowest BCUT2D eigenvalue weighted by Crippen LogP contribution is -2.50. The Morgan fingerprint density at radius 2 is 2.41 bits per heavy atom. The maximum Gasteiger partial charge on any atom is 0.197 e. The highest BCUT2D eigenvalue weighted by Crippen LogP contribution is 2.20. The van der Waals surface area contributed by atoms with Gasteiger partial charge in [-0.05, 0) is 13.5 Å². The summed E-state index contributed by atoms with van der Waals surface area (Å²) in [4.78, 5) is 10.4. The van der Waals surface area contributed by atoms with Gasteiger partial charge in [-0.25, -0.2) is 10.8 Å². The second kappa shape index (κ2) is 5.77. The molecule has 3 N–H and O–H groups in total. The molecule has 0 aromatic carbocycles. The van der Waals surface area contributed by atoms with E-state index in [9.17, 15) is 0 Å². The number of nitrogens with zero attached hydrogens (tertiary/aromatic N) is 3. The van der Waals surface area contributed by atoms with Crippen molar-refractivity contribution in [3.8, 4) is 0 Å². The lowest BCUT2D eigenvalue weighted by molar-refractivity contribution is 0.0890. The Hall–Kier alpha value is -0.690. The minimum absolute atomic E-state index is 0.684. The molecule has 1 unspecified atom stereocenters. The van der Waals surface area contributed by atoms with Crippen molar-refractivity contribution < 1.29 is 0 Å². The van der Waals surface area contributed by atoms with Crippen LogP contribution in [0, 0.1) is 0 Å². The molecule has 96 valence electrons. The number of anilines is 1. The van der Waals surface area contributed by atoms with Crippen molar-refractivity contribution in [3.63, 3.8) is 0 Å². The number of thiazole rings is 1. The molecule has 0 bridgehead atoms. The third-order valence-electron chi connectivity index (χ3n) is 3.39. The Labute approximate surface area is 107 Å². The zero-order valence-corrected chi connectivity index (χ0v) is 11.3. The molecule has 17 heavy (non-hydrogen) atoms. The number of hydrogen-bond donors (Lipinski definition) is 2. The standard InChI is InChI=1S/C11H21N5S/c1-3-9-7-16(5-4-15(9)2)8-10-6-13-11(14-12)17-10/h6,9H,3-5,7-8,12H2,1-2H3,(H,13,14). The van der Waals surface area contributed by atoms with Gasteiger partial charge in [0.1, 0.15) is 0 Å². The number of nitrogens with two attached hydrogens (primary N) is 1. The van der Waals surface area contributed by atoms with Crippen LogP contribution in [0.2, 0.25) is 0 Å². The number of piperazine rings is 1. The smallest absolute Gasteiger partial charge is 0.197 e. The van der Waals surface area contributed by atoms with Crippen molar-refractivity contribution in [2.75, 3.05) is 32.1 Å². The van der Waals surface area contributed by atoms with Gasteiger partial charge in [-0.1, -0.05) is 18.3 Å². The number of rotatable bonds is 4. The highest BCUT2D eigenvalue weighted by Gasteiger charge is 2.23. The van der Waals surface area contributed by atoms with E-state index < -0.39 is 0 Å². The van der Waals surface area contributed by atoms with Crippen LogP contribution < -0.4 is 11.3 Å². The Morgan fingerprint density at radius 1 is 1.59 bits per heavy atom. The third-order valence-corrected chi connectivity index (χ3v) is 4.30. The number of hydrogen-bond acceptors (Lipinski definition) is 6. The van der Waals surface area contributed by atoms with Gasteiger partial charge in [-0.2, -0.15) is 0 Å². The highest BCUT2D eigenvalue weighted by molar-refractivity contribution is 7.15. The first-order valence-electron chi connectivity index (χ1n) is 6.06. The van der Waals surface area contributed by atoms with Crippen LogP contribution in [0.5, 0.6) is 0 Å². The van der Waals surface area contributed by atoms with Gasteiger partial charge in [0.25, 0.3) is 0 Å². The molecule has 0 spiro atoms. The molecule has 1 aromatic heterocycles. The van der Waals surface area contributed by atoms with Crippen LogP contribution in [0.15, 0.2) is 6.20 Å². The maximum atomic E-state index is 5.34. The van der Waals surface area contributed by atoms with Crippen LogP contribution in [0.25, 0.3) is 0 Å². The second-order valence-corrected chi connectivity index (χ2v) is 5.67. The molecule has 1 aliphatic rings. The zero-order valence-electron chi connectivity index (χ0n) is 10.5. The Morgan fingerprint density at radius 3 is 3.06 bits per heavy atom. The van der Waals surface area contributed by atoms with Gasteiger partial charge in [-0.3, -0.25) is 10.3 Å². The summed E-state index contributed by atoms with van der Waals surface area (Å²) in [5, 5.41) is 0.793. The molecule has 0 aliphatic carbocycles. The fraction of sp³-hybridized carbons (Fsp3) is 0.727. The predicted octanol–water partition coefficient (Wildman–Crippen LogP) is 0.955. The first-order chi connectivity index (χ1) is 8.22. The fourth-order valence-corrected chi connectivity index (χ4v) is 3.03. The maximum absolute atomic E-state index is 5.34. The van der Waals surface area contributed by atoms with E-state index in [0.717, 1.165) is 31.3 Å². The first-order valence-corrected chi connectivity index (χ1v) is 6.88. The van der Waals surface area contributed by atoms with Crippen molar-refractivity contribution >= 4 is 16.5 Å². The van der Waals surface area contributed by atoms with Crippen LogP contribution in [-0.4, -0.2) is 47.5 Å². The van der Waals surface area contributed by atoms with E-state index in [4.69, 9.17) is 5.84 Å². The predicted molar refractivity (Wildman–Crippen MR) is 71.9 cm³/mol. The largest absolute Gasteiger partial charge is 0.301 e. The molecule has 1 saturated heterocycles. The van der Waals surface area contributed by atoms with Crippen molar-refractivity contribution in [1.29, 1.82) is 0 Å². The van der Waals surface area contributed by atoms with Crippen LogP contribution in [-0.2, 0) is 6.54 Å². The van der Waals surface area contributed by atoms with Crippen LogP contribution in [0.4, 0.5) is 5.13 Å². The molecule has 1 fully saturated rings. The van der Waals surface area contributed by atoms with Crippen molar-refractivity contribution in [2.24, 2.45) is 5.84 Å². The topological polar surface area (TPSA) is 57.4 Å². The quantitative estimate of drug-likeness (QED) is 0.620. The van der Waals surface area contributed by atoms with Gasteiger partial charge in [-0.15, -0.1) is 0 Å². The summed E-state index contributed by atoms with van der Waals surface area (Å²) in [7, 11) is 2.22. The summed E-state index contributed by atoms with van der Waals surface area (Å²) < 4.78 is 0. The Kier molecular flexibility index (Phi) is 4.33. The van der Waals surface area contributed by atoms with E-state index in [1.165, 1.54) is 11.3 Å². The van der Waals surface area contributed by atoms with E-state index in [0.29, 0.717) is 6.04 Å². The lowest BCUT2D eigenvalue weighted by Gasteiger charge is -2.38. The molecule has 5 nitrogen and oxygen atoms in total. The van der Waals surface area contributed by atoms with E-state index in [1.807, 2.05) is 6.20 Å². The van der Waals surface area contributed by atoms with Gasteiger partial charge in [0.05, 0.1) is 0 Å². The summed E-state index contributed by atoms with van der Waals surface area (Å²) in [5.41, 5.74) is 2.59. The number of hydrazine groups is 1. The number of aromatic nitrogens is 1. The van der Waals surface area contributed by atoms with Gasteiger partial charge in [0.15, 0.2) is 5.13 Å². The van der Waals surface area contributed by atoms with Crippen molar-refractivity contribution in [1.82, 2.24) is 14.8 Å². The van der Waals surface area contributed by atoms with E-state index in [-0.39, 0.29) is 0 Å². The monoisotopic (exact) mass is 255 g/mol. The molecule has 0 saturated carbocycles. The molecule has 1 atom stereocenters. The van der Waals surface area contributed by atoms with Crippen LogP contribution >= 0.6 is 11.3 Å². The molecular weight excluding hydrogens is 234 g/mol. The van der Waals surface area contributed by atoms with Gasteiger partial charge >= 0.3 is 0 Å². The lowest BCUT2D eigenvalue weighted by atomic mass is 10.1. The van der Waals surface area contributed by atoms with E-state index in [2.05, 4.69) is 34.2 Å². The molecule has 0 radical (unpaired) electrons. The molecule has 2 rings (SSSR count). The summed E-state index contributed by atoms with van der Waals surface area (Å²) >= 11 is 1.63. The SMILES string of the molecule is CCC1CN(Cc2cnc(NN)s2)CCN1C. The van der Waals surface area contributed by atoms with Gasteiger partial charge in [0, 0.05) is 43.3 Å². The van der Waals surface area contributed by atoms with Crippen molar-refractivity contribution in [2.45, 2.75) is 25.9 Å². The van der Waals surface area contributed by atoms with E-state index >= 15 is 0 Å². The zero-order chi connectivity index (χ0) is 12.3. The van der Waals surface area contributed by atoms with Gasteiger partial charge in [0.2, 0.25) is 0 Å². The summed E-state index contributed by atoms with van der Waals surface area (Å²) in [6.07, 6.45) is 3.13. The van der Waals surface area contributed by atoms with Gasteiger partial charge < -0.3 is 4.90 Å². The normalized spacial score (nSPS) is 22.9. The minimum atomic E-state index is 0.684. The van der Waals surface area contributed by atoms with Crippen LogP contribution in [0.3, 0.4) is 0 Å². The first kappa shape index (κ1) is 12.8. The van der Waals surface area contributed by atoms with Crippen molar-refractivity contribution in [3.05, 3.63) is 11.1 Å². The molecule has 0 amide bonds. The third kappa shape index (κ3) is 3.16. The summed E-state index contributed by atoms with van der Waals surface area (Å²) in [5.74, 6) is 5.34. The fourth-order valence-electron chi connectivity index (χ4n) is 2.26. The van der Waals surface area contributed by atoms with Crippen LogP contribution in [0.1, 0.15) is 18.2 Å². The minimum Gasteiger partial charge on any atom is -0.301 e. The molecule has 1 aromatic rings. The average Bonchev–Trinajstić information content (AvgIpc) is 2.79. The molecule has 6 heteroatoms. The summed E-state index contributed by atoms with van der Waals surface area (Å²) in [6, 6.07) is 0.684. The second-order valence-electron chi connectivity index (χ2n) is 4.55. The molecular formula is C11H21N5S. The highest BCUT2D eigenvalue weighted by atomic mass is 32.1. The average molecular weight is 255 g/mol. The molecule has 2 heterocycles.